The fraction of sp³-hybridized carbons (Fsp3) is 0.278. The zero-order valence-corrected chi connectivity index (χ0v) is 14.4. The Balaban J connectivity index is 2.13. The van der Waals surface area contributed by atoms with Crippen molar-refractivity contribution >= 4 is 15.9 Å². The molecule has 0 bridgehead atoms. The molecule has 1 N–H and O–H groups in total. The van der Waals surface area contributed by atoms with Crippen LogP contribution in [-0.4, -0.2) is 14.3 Å². The van der Waals surface area contributed by atoms with E-state index in [-0.39, 0.29) is 5.75 Å². The van der Waals surface area contributed by atoms with Crippen molar-refractivity contribution < 1.29 is 13.2 Å². The van der Waals surface area contributed by atoms with Crippen molar-refractivity contribution in [2.45, 2.75) is 31.9 Å². The number of amides is 1. The third-order valence-electron chi connectivity index (χ3n) is 3.79. The van der Waals surface area contributed by atoms with Crippen molar-refractivity contribution in [2.75, 3.05) is 0 Å². The zero-order valence-electron chi connectivity index (χ0n) is 13.5. The number of hydrogen-bond donors (Lipinski definition) is 1. The lowest BCUT2D eigenvalue weighted by Gasteiger charge is -2.24. The molecule has 0 aromatic heterocycles. The summed E-state index contributed by atoms with van der Waals surface area (Å²) in [6.07, 6.45) is 0. The van der Waals surface area contributed by atoms with Gasteiger partial charge in [-0.25, -0.2) is 8.42 Å². The highest BCUT2D eigenvalue weighted by atomic mass is 32.2. The van der Waals surface area contributed by atoms with E-state index >= 15 is 0 Å². The van der Waals surface area contributed by atoms with Gasteiger partial charge in [0, 0.05) is 0 Å². The first kappa shape index (κ1) is 17.2. The molecule has 0 aliphatic rings. The second-order valence-electron chi connectivity index (χ2n) is 6.17. The molecule has 23 heavy (non-hydrogen) atoms. The van der Waals surface area contributed by atoms with Crippen molar-refractivity contribution in [3.63, 3.8) is 0 Å². The number of sulfonamides is 1. The Labute approximate surface area is 137 Å². The van der Waals surface area contributed by atoms with Crippen LogP contribution in [0.4, 0.5) is 0 Å². The number of aryl methyl sites for hydroxylation is 1. The summed E-state index contributed by atoms with van der Waals surface area (Å²) < 4.78 is 26.7. The third kappa shape index (κ3) is 4.42. The van der Waals surface area contributed by atoms with Gasteiger partial charge < -0.3 is 0 Å². The number of hydrogen-bond acceptors (Lipinski definition) is 3. The summed E-state index contributed by atoms with van der Waals surface area (Å²) in [5.41, 5.74) is 1.54. The summed E-state index contributed by atoms with van der Waals surface area (Å²) in [5.74, 6) is -0.750. The molecule has 0 aliphatic heterocycles. The summed E-state index contributed by atoms with van der Waals surface area (Å²) in [6, 6.07) is 16.3. The van der Waals surface area contributed by atoms with E-state index in [0.717, 1.165) is 11.1 Å². The molecule has 4 nitrogen and oxygen atoms in total. The standard InChI is InChI=1S/C18H21NO3S/c1-14-9-11-15(12-10-14)13-23(21,22)19-17(20)18(2,3)16-7-5-4-6-8-16/h4-12H,13H2,1-3H3,(H,19,20). The number of carbonyl (C=O) groups is 1. The quantitative estimate of drug-likeness (QED) is 0.916. The van der Waals surface area contributed by atoms with Crippen LogP contribution in [0, 0.1) is 6.92 Å². The molecular formula is C18H21NO3S. The molecule has 122 valence electrons. The van der Waals surface area contributed by atoms with E-state index in [1.165, 1.54) is 0 Å². The van der Waals surface area contributed by atoms with Gasteiger partial charge in [0.2, 0.25) is 15.9 Å². The SMILES string of the molecule is Cc1ccc(CS(=O)(=O)NC(=O)C(C)(C)c2ccccc2)cc1. The fourth-order valence-corrected chi connectivity index (χ4v) is 3.44. The largest absolute Gasteiger partial charge is 0.273 e. The van der Waals surface area contributed by atoms with Crippen molar-refractivity contribution in [2.24, 2.45) is 0 Å². The van der Waals surface area contributed by atoms with Crippen LogP contribution in [0.5, 0.6) is 0 Å². The van der Waals surface area contributed by atoms with Crippen LogP contribution in [0.15, 0.2) is 54.6 Å². The highest BCUT2D eigenvalue weighted by Crippen LogP contribution is 2.23. The Morgan fingerprint density at radius 1 is 1.00 bits per heavy atom. The maximum absolute atomic E-state index is 12.4. The lowest BCUT2D eigenvalue weighted by molar-refractivity contribution is -0.123. The molecule has 0 spiro atoms. The zero-order chi connectivity index (χ0) is 17.1. The van der Waals surface area contributed by atoms with Gasteiger partial charge in [-0.3, -0.25) is 9.52 Å². The second-order valence-corrected chi connectivity index (χ2v) is 7.89. The number of carbonyl (C=O) groups excluding carboxylic acids is 1. The van der Waals surface area contributed by atoms with Gasteiger partial charge in [0.05, 0.1) is 11.2 Å². The first-order valence-electron chi connectivity index (χ1n) is 7.37. The molecule has 0 atom stereocenters. The van der Waals surface area contributed by atoms with E-state index < -0.39 is 21.3 Å². The summed E-state index contributed by atoms with van der Waals surface area (Å²) in [7, 11) is -3.74. The fourth-order valence-electron chi connectivity index (χ4n) is 2.19. The summed E-state index contributed by atoms with van der Waals surface area (Å²) in [6.45, 7) is 5.35. The predicted octanol–water partition coefficient (Wildman–Crippen LogP) is 2.92. The van der Waals surface area contributed by atoms with Gasteiger partial charge in [0.15, 0.2) is 0 Å². The van der Waals surface area contributed by atoms with Crippen molar-refractivity contribution in [3.8, 4) is 0 Å². The van der Waals surface area contributed by atoms with Gasteiger partial charge in [0.1, 0.15) is 0 Å². The van der Waals surface area contributed by atoms with Gasteiger partial charge >= 0.3 is 0 Å². The highest BCUT2D eigenvalue weighted by molar-refractivity contribution is 7.89. The summed E-state index contributed by atoms with van der Waals surface area (Å²) in [5, 5.41) is 0. The van der Waals surface area contributed by atoms with Gasteiger partial charge in [-0.05, 0) is 31.9 Å². The first-order valence-corrected chi connectivity index (χ1v) is 9.02. The molecule has 5 heteroatoms. The summed E-state index contributed by atoms with van der Waals surface area (Å²) in [4.78, 5) is 12.4. The first-order chi connectivity index (χ1) is 10.7. The van der Waals surface area contributed by atoms with Crippen LogP contribution in [0.3, 0.4) is 0 Å². The normalized spacial score (nSPS) is 12.0. The molecule has 2 aromatic rings. The molecule has 0 aliphatic carbocycles. The molecule has 0 saturated heterocycles. The van der Waals surface area contributed by atoms with E-state index in [0.29, 0.717) is 5.56 Å². The Bertz CT molecular complexity index is 779. The van der Waals surface area contributed by atoms with Crippen LogP contribution in [0.25, 0.3) is 0 Å². The molecule has 2 rings (SSSR count). The van der Waals surface area contributed by atoms with E-state index in [9.17, 15) is 13.2 Å². The Kier molecular flexibility index (Phi) is 4.90. The van der Waals surface area contributed by atoms with Crippen molar-refractivity contribution in [3.05, 3.63) is 71.3 Å². The lowest BCUT2D eigenvalue weighted by Crippen LogP contribution is -2.43. The maximum atomic E-state index is 12.4. The molecule has 2 aromatic carbocycles. The minimum absolute atomic E-state index is 0.218. The van der Waals surface area contributed by atoms with Crippen LogP contribution < -0.4 is 4.72 Å². The van der Waals surface area contributed by atoms with E-state index in [2.05, 4.69) is 4.72 Å². The van der Waals surface area contributed by atoms with Crippen molar-refractivity contribution in [1.82, 2.24) is 4.72 Å². The number of nitrogens with one attached hydrogen (secondary N) is 1. The molecular weight excluding hydrogens is 310 g/mol. The number of rotatable bonds is 5. The van der Waals surface area contributed by atoms with Crippen molar-refractivity contribution in [1.29, 1.82) is 0 Å². The van der Waals surface area contributed by atoms with Gasteiger partial charge in [-0.15, -0.1) is 0 Å². The monoisotopic (exact) mass is 331 g/mol. The Morgan fingerprint density at radius 2 is 1.57 bits per heavy atom. The predicted molar refractivity (Wildman–Crippen MR) is 91.4 cm³/mol. The number of benzene rings is 2. The van der Waals surface area contributed by atoms with Gasteiger partial charge in [0.25, 0.3) is 0 Å². The Hall–Kier alpha value is -2.14. The average Bonchev–Trinajstić information content (AvgIpc) is 2.49. The smallest absolute Gasteiger partial charge is 0.243 e. The van der Waals surface area contributed by atoms with Gasteiger partial charge in [-0.1, -0.05) is 60.2 Å². The molecule has 1 amide bonds. The van der Waals surface area contributed by atoms with E-state index in [4.69, 9.17) is 0 Å². The van der Waals surface area contributed by atoms with E-state index in [1.807, 2.05) is 49.4 Å². The molecule has 0 heterocycles. The minimum Gasteiger partial charge on any atom is -0.273 e. The molecule has 0 fully saturated rings. The van der Waals surface area contributed by atoms with Crippen LogP contribution in [0.1, 0.15) is 30.5 Å². The van der Waals surface area contributed by atoms with Gasteiger partial charge in [-0.2, -0.15) is 0 Å². The van der Waals surface area contributed by atoms with Crippen LogP contribution in [-0.2, 0) is 26.0 Å². The van der Waals surface area contributed by atoms with E-state index in [1.54, 1.807) is 26.0 Å². The topological polar surface area (TPSA) is 63.2 Å². The van der Waals surface area contributed by atoms with Crippen LogP contribution in [0.2, 0.25) is 0 Å². The maximum Gasteiger partial charge on any atom is 0.243 e. The molecule has 0 unspecified atom stereocenters. The minimum atomic E-state index is -3.74. The lowest BCUT2D eigenvalue weighted by atomic mass is 9.84. The Morgan fingerprint density at radius 3 is 2.13 bits per heavy atom. The van der Waals surface area contributed by atoms with Crippen LogP contribution >= 0.6 is 0 Å². The third-order valence-corrected chi connectivity index (χ3v) is 5.00. The average molecular weight is 331 g/mol. The molecule has 0 radical (unpaired) electrons. The molecule has 0 saturated carbocycles. The highest BCUT2D eigenvalue weighted by Gasteiger charge is 2.32. The second kappa shape index (κ2) is 6.54. The summed E-state index contributed by atoms with van der Waals surface area (Å²) >= 11 is 0.